The Morgan fingerprint density at radius 2 is 1.91 bits per heavy atom. The molecular formula is C26H32N6O3. The topological polar surface area (TPSA) is 104 Å². The van der Waals surface area contributed by atoms with E-state index in [2.05, 4.69) is 25.3 Å². The number of nitrogens with one attached hydrogen (secondary N) is 1. The fourth-order valence-corrected chi connectivity index (χ4v) is 4.44. The van der Waals surface area contributed by atoms with E-state index in [0.29, 0.717) is 17.4 Å². The van der Waals surface area contributed by atoms with Crippen LogP contribution in [0.5, 0.6) is 0 Å². The lowest BCUT2D eigenvalue weighted by molar-refractivity contribution is -0.138. The summed E-state index contributed by atoms with van der Waals surface area (Å²) >= 11 is 0. The first kappa shape index (κ1) is 24.5. The first-order valence-corrected chi connectivity index (χ1v) is 12.1. The zero-order valence-electron chi connectivity index (χ0n) is 20.5. The standard InChI is InChI=1S/C26H32N6O3/c1-4-19-9-5-6-10-21(19)28-23(33)17-31(3)26(34)18(2)32-15-12-20(13-16-32)25-29-24(30-35-25)22-11-7-8-14-27-22/h5-11,14,18,20H,4,12-13,15-17H2,1-3H3,(H,28,33). The third-order valence-electron chi connectivity index (χ3n) is 6.55. The highest BCUT2D eigenvalue weighted by Gasteiger charge is 2.31. The number of carbonyl (C=O) groups excluding carboxylic acids is 2. The van der Waals surface area contributed by atoms with Crippen molar-refractivity contribution in [3.8, 4) is 11.5 Å². The van der Waals surface area contributed by atoms with Crippen LogP contribution in [0.4, 0.5) is 5.69 Å². The van der Waals surface area contributed by atoms with Crippen molar-refractivity contribution in [1.82, 2.24) is 24.9 Å². The highest BCUT2D eigenvalue weighted by molar-refractivity contribution is 5.95. The lowest BCUT2D eigenvalue weighted by Gasteiger charge is -2.35. The maximum Gasteiger partial charge on any atom is 0.243 e. The number of piperidine rings is 1. The van der Waals surface area contributed by atoms with Crippen LogP contribution in [0.1, 0.15) is 44.1 Å². The summed E-state index contributed by atoms with van der Waals surface area (Å²) in [5.41, 5.74) is 2.55. The van der Waals surface area contributed by atoms with Gasteiger partial charge in [-0.3, -0.25) is 19.5 Å². The van der Waals surface area contributed by atoms with Gasteiger partial charge in [0.05, 0.1) is 12.6 Å². The van der Waals surface area contributed by atoms with Crippen LogP contribution >= 0.6 is 0 Å². The monoisotopic (exact) mass is 476 g/mol. The molecule has 3 heterocycles. The molecule has 9 heteroatoms. The van der Waals surface area contributed by atoms with E-state index in [9.17, 15) is 9.59 Å². The normalized spacial score (nSPS) is 15.5. The Bertz CT molecular complexity index is 1140. The molecule has 3 aromatic rings. The second kappa shape index (κ2) is 11.2. The number of nitrogens with zero attached hydrogens (tertiary/aromatic N) is 5. The summed E-state index contributed by atoms with van der Waals surface area (Å²) in [7, 11) is 1.68. The number of para-hydroxylation sites is 1. The van der Waals surface area contributed by atoms with E-state index in [1.807, 2.05) is 56.3 Å². The summed E-state index contributed by atoms with van der Waals surface area (Å²) in [5.74, 6) is 0.990. The van der Waals surface area contributed by atoms with Gasteiger partial charge in [-0.05, 0) is 63.0 Å². The molecule has 2 aromatic heterocycles. The number of anilines is 1. The van der Waals surface area contributed by atoms with Gasteiger partial charge in [-0.25, -0.2) is 0 Å². The van der Waals surface area contributed by atoms with Crippen LogP contribution < -0.4 is 5.32 Å². The van der Waals surface area contributed by atoms with Crippen LogP contribution in [0.25, 0.3) is 11.5 Å². The number of rotatable bonds is 8. The number of likely N-dealkylation sites (tertiary alicyclic amines) is 1. The number of likely N-dealkylation sites (N-methyl/N-ethyl adjacent to an activating group) is 1. The number of hydrogen-bond acceptors (Lipinski definition) is 7. The van der Waals surface area contributed by atoms with E-state index >= 15 is 0 Å². The molecule has 0 radical (unpaired) electrons. The van der Waals surface area contributed by atoms with Gasteiger partial charge in [0.25, 0.3) is 0 Å². The Morgan fingerprint density at radius 1 is 1.17 bits per heavy atom. The van der Waals surface area contributed by atoms with Crippen LogP contribution in [-0.2, 0) is 16.0 Å². The Hall–Kier alpha value is -3.59. The second-order valence-electron chi connectivity index (χ2n) is 8.91. The van der Waals surface area contributed by atoms with Crippen LogP contribution in [-0.4, -0.2) is 69.5 Å². The number of amides is 2. The molecule has 1 N–H and O–H groups in total. The maximum atomic E-state index is 13.0. The van der Waals surface area contributed by atoms with Crippen LogP contribution in [0.2, 0.25) is 0 Å². The van der Waals surface area contributed by atoms with Crippen LogP contribution in [0, 0.1) is 0 Å². The third kappa shape index (κ3) is 5.92. The molecule has 1 aliphatic heterocycles. The first-order chi connectivity index (χ1) is 17.0. The van der Waals surface area contributed by atoms with Crippen molar-refractivity contribution in [3.05, 3.63) is 60.1 Å². The van der Waals surface area contributed by atoms with Gasteiger partial charge in [0.1, 0.15) is 5.69 Å². The number of hydrogen-bond donors (Lipinski definition) is 1. The predicted octanol–water partition coefficient (Wildman–Crippen LogP) is 3.36. The summed E-state index contributed by atoms with van der Waals surface area (Å²) in [6.45, 7) is 5.43. The maximum absolute atomic E-state index is 13.0. The van der Waals surface area contributed by atoms with E-state index in [0.717, 1.165) is 43.6 Å². The minimum Gasteiger partial charge on any atom is -0.339 e. The summed E-state index contributed by atoms with van der Waals surface area (Å²) in [6, 6.07) is 13.0. The number of aryl methyl sites for hydroxylation is 1. The van der Waals surface area contributed by atoms with E-state index < -0.39 is 0 Å². The summed E-state index contributed by atoms with van der Waals surface area (Å²) in [5, 5.41) is 7.00. The van der Waals surface area contributed by atoms with E-state index in [1.165, 1.54) is 4.90 Å². The number of pyridine rings is 1. The molecule has 1 unspecified atom stereocenters. The highest BCUT2D eigenvalue weighted by atomic mass is 16.5. The Morgan fingerprint density at radius 3 is 2.63 bits per heavy atom. The quantitative estimate of drug-likeness (QED) is 0.532. The Kier molecular flexibility index (Phi) is 7.87. The lowest BCUT2D eigenvalue weighted by Crippen LogP contribution is -2.49. The largest absolute Gasteiger partial charge is 0.339 e. The third-order valence-corrected chi connectivity index (χ3v) is 6.55. The van der Waals surface area contributed by atoms with Crippen molar-refractivity contribution >= 4 is 17.5 Å². The molecule has 0 saturated carbocycles. The molecule has 1 aliphatic rings. The van der Waals surface area contributed by atoms with Gasteiger partial charge in [0.2, 0.25) is 23.5 Å². The molecule has 184 valence electrons. The molecule has 0 bridgehead atoms. The zero-order chi connectivity index (χ0) is 24.8. The minimum absolute atomic E-state index is 0.00989. The molecular weight excluding hydrogens is 444 g/mol. The molecule has 4 rings (SSSR count). The van der Waals surface area contributed by atoms with Gasteiger partial charge in [0, 0.05) is 24.8 Å². The average Bonchev–Trinajstić information content (AvgIpc) is 3.39. The molecule has 2 amide bonds. The summed E-state index contributed by atoms with van der Waals surface area (Å²) in [4.78, 5) is 38.0. The molecule has 1 atom stereocenters. The Labute approximate surface area is 205 Å². The number of carbonyl (C=O) groups is 2. The molecule has 1 saturated heterocycles. The van der Waals surface area contributed by atoms with Crippen molar-refractivity contribution in [2.75, 3.05) is 32.0 Å². The first-order valence-electron chi connectivity index (χ1n) is 12.1. The van der Waals surface area contributed by atoms with Gasteiger partial charge in [-0.15, -0.1) is 0 Å². The number of aromatic nitrogens is 3. The second-order valence-corrected chi connectivity index (χ2v) is 8.91. The van der Waals surface area contributed by atoms with Gasteiger partial charge in [0.15, 0.2) is 0 Å². The fraction of sp³-hybridized carbons (Fsp3) is 0.423. The fourth-order valence-electron chi connectivity index (χ4n) is 4.44. The van der Waals surface area contributed by atoms with Crippen molar-refractivity contribution in [2.45, 2.75) is 45.1 Å². The molecule has 1 aromatic carbocycles. The number of benzene rings is 1. The van der Waals surface area contributed by atoms with Crippen LogP contribution in [0.15, 0.2) is 53.2 Å². The smallest absolute Gasteiger partial charge is 0.243 e. The summed E-state index contributed by atoms with van der Waals surface area (Å²) in [6.07, 6.45) is 4.16. The van der Waals surface area contributed by atoms with Crippen molar-refractivity contribution in [3.63, 3.8) is 0 Å². The SMILES string of the molecule is CCc1ccccc1NC(=O)CN(C)C(=O)C(C)N1CCC(c2nc(-c3ccccn3)no2)CC1. The van der Waals surface area contributed by atoms with Gasteiger partial charge in [-0.2, -0.15) is 4.98 Å². The highest BCUT2D eigenvalue weighted by Crippen LogP contribution is 2.29. The molecule has 1 fully saturated rings. The Balaban J connectivity index is 1.27. The lowest BCUT2D eigenvalue weighted by atomic mass is 9.95. The van der Waals surface area contributed by atoms with Crippen LogP contribution in [0.3, 0.4) is 0 Å². The van der Waals surface area contributed by atoms with Gasteiger partial charge >= 0.3 is 0 Å². The van der Waals surface area contributed by atoms with Crippen molar-refractivity contribution in [2.24, 2.45) is 0 Å². The van der Waals surface area contributed by atoms with E-state index in [1.54, 1.807) is 13.2 Å². The van der Waals surface area contributed by atoms with Crippen molar-refractivity contribution in [1.29, 1.82) is 0 Å². The predicted molar refractivity (Wildman–Crippen MR) is 133 cm³/mol. The summed E-state index contributed by atoms with van der Waals surface area (Å²) < 4.78 is 5.51. The zero-order valence-corrected chi connectivity index (χ0v) is 20.5. The van der Waals surface area contributed by atoms with Gasteiger partial charge in [-0.1, -0.05) is 36.3 Å². The van der Waals surface area contributed by atoms with E-state index in [-0.39, 0.29) is 30.3 Å². The van der Waals surface area contributed by atoms with Gasteiger partial charge < -0.3 is 14.7 Å². The van der Waals surface area contributed by atoms with E-state index in [4.69, 9.17) is 4.52 Å². The molecule has 0 spiro atoms. The minimum atomic E-state index is -0.316. The molecule has 35 heavy (non-hydrogen) atoms. The average molecular weight is 477 g/mol. The van der Waals surface area contributed by atoms with Crippen molar-refractivity contribution < 1.29 is 14.1 Å². The molecule has 9 nitrogen and oxygen atoms in total. The molecule has 0 aliphatic carbocycles.